The van der Waals surface area contributed by atoms with Crippen molar-refractivity contribution in [3.05, 3.63) is 35.4 Å². The maximum absolute atomic E-state index is 3.37. The molecule has 1 aromatic carbocycles. The van der Waals surface area contributed by atoms with Gasteiger partial charge in [-0.2, -0.15) is 0 Å². The van der Waals surface area contributed by atoms with Gasteiger partial charge in [-0.15, -0.1) is 0 Å². The number of likely N-dealkylation sites (N-methyl/N-ethyl adjacent to an activating group) is 1. The molecule has 0 aliphatic heterocycles. The Kier molecular flexibility index (Phi) is 5.21. The highest BCUT2D eigenvalue weighted by Crippen LogP contribution is 2.24. The summed E-state index contributed by atoms with van der Waals surface area (Å²) in [5.74, 6) is 0. The molecule has 2 heteroatoms. The highest BCUT2D eigenvalue weighted by Gasteiger charge is 2.21. The first-order chi connectivity index (χ1) is 8.79. The summed E-state index contributed by atoms with van der Waals surface area (Å²) in [6, 6.07) is 9.97. The van der Waals surface area contributed by atoms with Gasteiger partial charge in [-0.05, 0) is 50.5 Å². The van der Waals surface area contributed by atoms with E-state index in [0.717, 1.165) is 32.1 Å². The van der Waals surface area contributed by atoms with Gasteiger partial charge in [0.25, 0.3) is 0 Å². The first-order valence-corrected chi connectivity index (χ1v) is 7.28. The Morgan fingerprint density at radius 2 is 1.83 bits per heavy atom. The van der Waals surface area contributed by atoms with E-state index in [0.29, 0.717) is 0 Å². The summed E-state index contributed by atoms with van der Waals surface area (Å²) < 4.78 is 0. The van der Waals surface area contributed by atoms with Gasteiger partial charge in [0.1, 0.15) is 0 Å². The lowest BCUT2D eigenvalue weighted by Crippen LogP contribution is -2.36. The van der Waals surface area contributed by atoms with Crippen LogP contribution in [0.4, 0.5) is 0 Å². The predicted octanol–water partition coefficient (Wildman–Crippen LogP) is 2.82. The number of benzene rings is 1. The average Bonchev–Trinajstić information content (AvgIpc) is 2.29. The molecule has 1 fully saturated rings. The van der Waals surface area contributed by atoms with Gasteiger partial charge in [-0.3, -0.25) is 4.90 Å². The van der Waals surface area contributed by atoms with Crippen LogP contribution >= 0.6 is 0 Å². The standard InChI is InChI=1S/C16H26N2/c1-3-17-12-11-14-7-9-15(10-8-14)13-18(2)16-5-4-6-16/h7-10,16-17H,3-6,11-13H2,1-2H3. The van der Waals surface area contributed by atoms with Crippen LogP contribution in [0.15, 0.2) is 24.3 Å². The van der Waals surface area contributed by atoms with Crippen LogP contribution in [0.25, 0.3) is 0 Å². The van der Waals surface area contributed by atoms with Gasteiger partial charge in [-0.25, -0.2) is 0 Å². The molecule has 1 aliphatic carbocycles. The van der Waals surface area contributed by atoms with Gasteiger partial charge in [0.05, 0.1) is 0 Å². The lowest BCUT2D eigenvalue weighted by atomic mass is 9.91. The monoisotopic (exact) mass is 246 g/mol. The fourth-order valence-corrected chi connectivity index (χ4v) is 2.47. The summed E-state index contributed by atoms with van der Waals surface area (Å²) in [6.45, 7) is 5.39. The van der Waals surface area contributed by atoms with Crippen molar-refractivity contribution in [2.24, 2.45) is 0 Å². The van der Waals surface area contributed by atoms with Crippen LogP contribution in [0.5, 0.6) is 0 Å². The lowest BCUT2D eigenvalue weighted by Gasteiger charge is -2.34. The Morgan fingerprint density at radius 1 is 1.17 bits per heavy atom. The van der Waals surface area contributed by atoms with Gasteiger partial charge in [0.2, 0.25) is 0 Å². The van der Waals surface area contributed by atoms with Gasteiger partial charge < -0.3 is 5.32 Å². The molecular weight excluding hydrogens is 220 g/mol. The molecule has 0 bridgehead atoms. The minimum atomic E-state index is 0.832. The summed E-state index contributed by atoms with van der Waals surface area (Å²) in [5, 5.41) is 3.37. The predicted molar refractivity (Wildman–Crippen MR) is 77.8 cm³/mol. The summed E-state index contributed by atoms with van der Waals surface area (Å²) >= 11 is 0. The highest BCUT2D eigenvalue weighted by molar-refractivity contribution is 5.22. The van der Waals surface area contributed by atoms with E-state index in [1.54, 1.807) is 0 Å². The number of hydrogen-bond acceptors (Lipinski definition) is 2. The molecule has 100 valence electrons. The van der Waals surface area contributed by atoms with Crippen LogP contribution in [-0.4, -0.2) is 31.1 Å². The Bertz CT molecular complexity index is 341. The SMILES string of the molecule is CCNCCc1ccc(CN(C)C2CCC2)cc1. The summed E-state index contributed by atoms with van der Waals surface area (Å²) in [6.07, 6.45) is 5.32. The molecule has 0 atom stereocenters. The molecule has 1 N–H and O–H groups in total. The normalized spacial score (nSPS) is 15.9. The van der Waals surface area contributed by atoms with E-state index in [2.05, 4.69) is 48.5 Å². The number of hydrogen-bond donors (Lipinski definition) is 1. The summed E-state index contributed by atoms with van der Waals surface area (Å²) in [4.78, 5) is 2.50. The van der Waals surface area contributed by atoms with Crippen LogP contribution < -0.4 is 5.32 Å². The Labute approximate surface area is 111 Å². The Morgan fingerprint density at radius 3 is 2.39 bits per heavy atom. The topological polar surface area (TPSA) is 15.3 Å². The fraction of sp³-hybridized carbons (Fsp3) is 0.625. The van der Waals surface area contributed by atoms with E-state index < -0.39 is 0 Å². The first kappa shape index (κ1) is 13.6. The van der Waals surface area contributed by atoms with Crippen molar-refractivity contribution in [1.82, 2.24) is 10.2 Å². The van der Waals surface area contributed by atoms with Crippen molar-refractivity contribution in [1.29, 1.82) is 0 Å². The van der Waals surface area contributed by atoms with Crippen molar-refractivity contribution >= 4 is 0 Å². The minimum absolute atomic E-state index is 0.832. The van der Waals surface area contributed by atoms with Gasteiger partial charge in [-0.1, -0.05) is 37.6 Å². The maximum Gasteiger partial charge on any atom is 0.0233 e. The molecule has 0 spiro atoms. The number of nitrogens with zero attached hydrogens (tertiary/aromatic N) is 1. The molecule has 0 unspecified atom stereocenters. The molecule has 0 aromatic heterocycles. The van der Waals surface area contributed by atoms with Crippen LogP contribution in [0.1, 0.15) is 37.3 Å². The van der Waals surface area contributed by atoms with Crippen molar-refractivity contribution in [3.8, 4) is 0 Å². The van der Waals surface area contributed by atoms with Crippen molar-refractivity contribution < 1.29 is 0 Å². The quantitative estimate of drug-likeness (QED) is 0.744. The Balaban J connectivity index is 1.79. The van der Waals surface area contributed by atoms with Crippen molar-refractivity contribution in [2.45, 2.75) is 45.2 Å². The van der Waals surface area contributed by atoms with E-state index in [1.807, 2.05) is 0 Å². The van der Waals surface area contributed by atoms with Crippen LogP contribution in [-0.2, 0) is 13.0 Å². The van der Waals surface area contributed by atoms with E-state index >= 15 is 0 Å². The van der Waals surface area contributed by atoms with Crippen LogP contribution in [0.3, 0.4) is 0 Å². The summed E-state index contributed by atoms with van der Waals surface area (Å²) in [7, 11) is 2.25. The van der Waals surface area contributed by atoms with E-state index in [-0.39, 0.29) is 0 Å². The molecule has 18 heavy (non-hydrogen) atoms. The highest BCUT2D eigenvalue weighted by atomic mass is 15.1. The first-order valence-electron chi connectivity index (χ1n) is 7.28. The summed E-state index contributed by atoms with van der Waals surface area (Å²) in [5.41, 5.74) is 2.88. The van der Waals surface area contributed by atoms with E-state index in [9.17, 15) is 0 Å². The average molecular weight is 246 g/mol. The third-order valence-corrected chi connectivity index (χ3v) is 3.99. The van der Waals surface area contributed by atoms with Gasteiger partial charge >= 0.3 is 0 Å². The van der Waals surface area contributed by atoms with Gasteiger partial charge in [0.15, 0.2) is 0 Å². The molecule has 0 heterocycles. The largest absolute Gasteiger partial charge is 0.317 e. The third kappa shape index (κ3) is 3.82. The molecule has 1 aliphatic rings. The Hall–Kier alpha value is -0.860. The molecule has 2 rings (SSSR count). The fourth-order valence-electron chi connectivity index (χ4n) is 2.47. The van der Waals surface area contributed by atoms with Gasteiger partial charge in [0, 0.05) is 12.6 Å². The second-order valence-electron chi connectivity index (χ2n) is 5.42. The zero-order chi connectivity index (χ0) is 12.8. The third-order valence-electron chi connectivity index (χ3n) is 3.99. The molecule has 0 radical (unpaired) electrons. The zero-order valence-corrected chi connectivity index (χ0v) is 11.8. The molecule has 0 amide bonds. The van der Waals surface area contributed by atoms with Crippen LogP contribution in [0.2, 0.25) is 0 Å². The molecular formula is C16H26N2. The van der Waals surface area contributed by atoms with Crippen molar-refractivity contribution in [3.63, 3.8) is 0 Å². The second-order valence-corrected chi connectivity index (χ2v) is 5.42. The van der Waals surface area contributed by atoms with E-state index in [4.69, 9.17) is 0 Å². The van der Waals surface area contributed by atoms with Crippen molar-refractivity contribution in [2.75, 3.05) is 20.1 Å². The molecule has 1 saturated carbocycles. The molecule has 1 aromatic rings. The number of nitrogens with one attached hydrogen (secondary N) is 1. The number of rotatable bonds is 7. The lowest BCUT2D eigenvalue weighted by molar-refractivity contribution is 0.152. The zero-order valence-electron chi connectivity index (χ0n) is 11.8. The minimum Gasteiger partial charge on any atom is -0.317 e. The maximum atomic E-state index is 3.37. The van der Waals surface area contributed by atoms with E-state index in [1.165, 1.54) is 30.4 Å². The molecule has 0 saturated heterocycles. The smallest absolute Gasteiger partial charge is 0.0233 e. The van der Waals surface area contributed by atoms with Crippen LogP contribution in [0, 0.1) is 0 Å². The molecule has 2 nitrogen and oxygen atoms in total. The second kappa shape index (κ2) is 6.91.